The first-order chi connectivity index (χ1) is 12.4. The van der Waals surface area contributed by atoms with Crippen molar-refractivity contribution in [2.75, 3.05) is 24.4 Å². The summed E-state index contributed by atoms with van der Waals surface area (Å²) in [6.07, 6.45) is 3.37. The molecular formula is C17H24N4O4S. The number of hydrogen-bond acceptors (Lipinski definition) is 5. The minimum absolute atomic E-state index is 0.0854. The number of piperidine rings is 1. The summed E-state index contributed by atoms with van der Waals surface area (Å²) in [5, 5.41) is 0. The molecular weight excluding hydrogens is 356 g/mol. The molecule has 0 radical (unpaired) electrons. The minimum atomic E-state index is -3.81. The smallest absolute Gasteiger partial charge is 0.344 e. The SMILES string of the molecule is CCCC(=O)N1CCC[C@@H](COc2cccc3c2C(N)=NS(=O)(=O)N3)C1. The Hall–Kier alpha value is -2.29. The van der Waals surface area contributed by atoms with Crippen LogP contribution in [0.25, 0.3) is 0 Å². The Morgan fingerprint density at radius 1 is 1.46 bits per heavy atom. The molecule has 1 aromatic carbocycles. The van der Waals surface area contributed by atoms with Crippen molar-refractivity contribution in [1.29, 1.82) is 0 Å². The Kier molecular flexibility index (Phi) is 5.36. The van der Waals surface area contributed by atoms with Crippen LogP contribution in [0.2, 0.25) is 0 Å². The number of carbonyl (C=O) groups excluding carboxylic acids is 1. The Labute approximate surface area is 153 Å². The minimum Gasteiger partial charge on any atom is -0.492 e. The van der Waals surface area contributed by atoms with Gasteiger partial charge in [0, 0.05) is 25.4 Å². The van der Waals surface area contributed by atoms with Crippen LogP contribution in [0.4, 0.5) is 5.69 Å². The van der Waals surface area contributed by atoms with Crippen molar-refractivity contribution in [3.63, 3.8) is 0 Å². The highest BCUT2D eigenvalue weighted by atomic mass is 32.2. The number of nitrogens with zero attached hydrogens (tertiary/aromatic N) is 2. The fourth-order valence-corrected chi connectivity index (χ4v) is 4.19. The predicted molar refractivity (Wildman–Crippen MR) is 99.4 cm³/mol. The molecule has 8 nitrogen and oxygen atoms in total. The van der Waals surface area contributed by atoms with Gasteiger partial charge in [-0.3, -0.25) is 9.52 Å². The number of nitrogens with two attached hydrogens (primary N) is 1. The molecule has 1 atom stereocenters. The van der Waals surface area contributed by atoms with Crippen molar-refractivity contribution in [2.45, 2.75) is 32.6 Å². The Balaban J connectivity index is 1.69. The van der Waals surface area contributed by atoms with E-state index < -0.39 is 10.2 Å². The van der Waals surface area contributed by atoms with E-state index in [1.54, 1.807) is 18.2 Å². The molecule has 2 aliphatic heterocycles. The zero-order chi connectivity index (χ0) is 18.7. The van der Waals surface area contributed by atoms with E-state index in [1.807, 2.05) is 11.8 Å². The third kappa shape index (κ3) is 4.09. The Morgan fingerprint density at radius 2 is 2.27 bits per heavy atom. The van der Waals surface area contributed by atoms with Gasteiger partial charge in [-0.25, -0.2) is 0 Å². The predicted octanol–water partition coefficient (Wildman–Crippen LogP) is 1.48. The van der Waals surface area contributed by atoms with Crippen molar-refractivity contribution < 1.29 is 17.9 Å². The normalized spacial score (nSPS) is 21.3. The molecule has 0 aromatic heterocycles. The van der Waals surface area contributed by atoms with Crippen molar-refractivity contribution >= 4 is 27.6 Å². The van der Waals surface area contributed by atoms with Gasteiger partial charge in [0.25, 0.3) is 0 Å². The Morgan fingerprint density at radius 3 is 3.04 bits per heavy atom. The van der Waals surface area contributed by atoms with Gasteiger partial charge in [0.05, 0.1) is 17.9 Å². The third-order valence-corrected chi connectivity index (χ3v) is 5.46. The first-order valence-corrected chi connectivity index (χ1v) is 10.3. The molecule has 1 saturated heterocycles. The molecule has 26 heavy (non-hydrogen) atoms. The molecule has 142 valence electrons. The van der Waals surface area contributed by atoms with E-state index in [0.717, 1.165) is 25.8 Å². The highest BCUT2D eigenvalue weighted by Crippen LogP contribution is 2.31. The largest absolute Gasteiger partial charge is 0.492 e. The van der Waals surface area contributed by atoms with Gasteiger partial charge in [-0.2, -0.15) is 8.42 Å². The van der Waals surface area contributed by atoms with Crippen molar-refractivity contribution in [2.24, 2.45) is 16.0 Å². The van der Waals surface area contributed by atoms with Gasteiger partial charge in [0.2, 0.25) is 5.91 Å². The number of fused-ring (bicyclic) bond motifs is 1. The lowest BCUT2D eigenvalue weighted by atomic mass is 9.98. The summed E-state index contributed by atoms with van der Waals surface area (Å²) < 4.78 is 35.1. The van der Waals surface area contributed by atoms with Crippen LogP contribution in [0, 0.1) is 5.92 Å². The summed E-state index contributed by atoms with van der Waals surface area (Å²) in [4.78, 5) is 14.0. The van der Waals surface area contributed by atoms with Crippen molar-refractivity contribution in [3.8, 4) is 5.75 Å². The van der Waals surface area contributed by atoms with Crippen LogP contribution in [0.15, 0.2) is 22.6 Å². The second-order valence-electron chi connectivity index (χ2n) is 6.64. The van der Waals surface area contributed by atoms with Crippen LogP contribution in [0.5, 0.6) is 5.75 Å². The number of nitrogens with one attached hydrogen (secondary N) is 1. The number of amidine groups is 1. The van der Waals surface area contributed by atoms with E-state index >= 15 is 0 Å². The van der Waals surface area contributed by atoms with E-state index in [1.165, 1.54) is 0 Å². The summed E-state index contributed by atoms with van der Waals surface area (Å²) >= 11 is 0. The number of ether oxygens (including phenoxy) is 1. The maximum atomic E-state index is 12.1. The van der Waals surface area contributed by atoms with Gasteiger partial charge in [0.1, 0.15) is 5.75 Å². The summed E-state index contributed by atoms with van der Waals surface area (Å²) in [6.45, 7) is 3.93. The van der Waals surface area contributed by atoms with Gasteiger partial charge in [-0.15, -0.1) is 4.40 Å². The van der Waals surface area contributed by atoms with Gasteiger partial charge in [-0.05, 0) is 31.4 Å². The van der Waals surface area contributed by atoms with Crippen LogP contribution in [-0.2, 0) is 15.0 Å². The van der Waals surface area contributed by atoms with Gasteiger partial charge in [0.15, 0.2) is 5.84 Å². The molecule has 0 unspecified atom stereocenters. The zero-order valence-corrected chi connectivity index (χ0v) is 15.6. The molecule has 2 heterocycles. The van der Waals surface area contributed by atoms with Gasteiger partial charge < -0.3 is 15.4 Å². The van der Waals surface area contributed by atoms with E-state index in [2.05, 4.69) is 9.12 Å². The summed E-state index contributed by atoms with van der Waals surface area (Å²) in [7, 11) is -3.81. The van der Waals surface area contributed by atoms with Crippen molar-refractivity contribution in [3.05, 3.63) is 23.8 Å². The highest BCUT2D eigenvalue weighted by Gasteiger charge is 2.26. The van der Waals surface area contributed by atoms with Gasteiger partial charge >= 0.3 is 10.2 Å². The molecule has 0 saturated carbocycles. The van der Waals surface area contributed by atoms with Crippen LogP contribution in [0.3, 0.4) is 0 Å². The Bertz CT molecular complexity index is 822. The first kappa shape index (κ1) is 18.5. The maximum Gasteiger partial charge on any atom is 0.344 e. The molecule has 3 N–H and O–H groups in total. The summed E-state index contributed by atoms with van der Waals surface area (Å²) in [5.41, 5.74) is 6.64. The molecule has 0 spiro atoms. The number of carbonyl (C=O) groups is 1. The fraction of sp³-hybridized carbons (Fsp3) is 0.529. The second kappa shape index (κ2) is 7.53. The summed E-state index contributed by atoms with van der Waals surface area (Å²) in [6, 6.07) is 5.06. The lowest BCUT2D eigenvalue weighted by Gasteiger charge is -2.33. The molecule has 1 aromatic rings. The van der Waals surface area contributed by atoms with E-state index in [9.17, 15) is 13.2 Å². The van der Waals surface area contributed by atoms with E-state index in [4.69, 9.17) is 10.5 Å². The third-order valence-electron chi connectivity index (χ3n) is 4.55. The summed E-state index contributed by atoms with van der Waals surface area (Å²) in [5.74, 6) is 0.833. The van der Waals surface area contributed by atoms with E-state index in [-0.39, 0.29) is 17.7 Å². The molecule has 0 aliphatic carbocycles. The number of likely N-dealkylation sites (tertiary alicyclic amines) is 1. The molecule has 0 bridgehead atoms. The number of benzene rings is 1. The lowest BCUT2D eigenvalue weighted by molar-refractivity contribution is -0.133. The maximum absolute atomic E-state index is 12.1. The first-order valence-electron chi connectivity index (χ1n) is 8.81. The van der Waals surface area contributed by atoms with Gasteiger partial charge in [-0.1, -0.05) is 13.0 Å². The average Bonchev–Trinajstić information content (AvgIpc) is 2.59. The number of amides is 1. The monoisotopic (exact) mass is 380 g/mol. The standard InChI is InChI=1S/C17H24N4O4S/c1-2-5-15(22)21-9-4-6-12(10-21)11-25-14-8-3-7-13-16(14)17(18)20-26(23,24)19-13/h3,7-8,12,19H,2,4-6,9-11H2,1H3,(H2,18,20)/t12-/m1/s1. The van der Waals surface area contributed by atoms with Crippen LogP contribution >= 0.6 is 0 Å². The highest BCUT2D eigenvalue weighted by molar-refractivity contribution is 7.91. The number of hydrogen-bond donors (Lipinski definition) is 2. The molecule has 3 rings (SSSR count). The number of rotatable bonds is 5. The molecule has 1 fully saturated rings. The van der Waals surface area contributed by atoms with Crippen molar-refractivity contribution in [1.82, 2.24) is 4.90 Å². The van der Waals surface area contributed by atoms with Crippen LogP contribution < -0.4 is 15.2 Å². The fourth-order valence-electron chi connectivity index (χ4n) is 3.34. The van der Waals surface area contributed by atoms with Crippen LogP contribution in [-0.4, -0.2) is 44.8 Å². The topological polar surface area (TPSA) is 114 Å². The zero-order valence-electron chi connectivity index (χ0n) is 14.8. The average molecular weight is 380 g/mol. The second-order valence-corrected chi connectivity index (χ2v) is 7.98. The molecule has 1 amide bonds. The molecule has 2 aliphatic rings. The van der Waals surface area contributed by atoms with E-state index in [0.29, 0.717) is 36.6 Å². The number of anilines is 1. The van der Waals surface area contributed by atoms with Crippen LogP contribution in [0.1, 0.15) is 38.2 Å². The quantitative estimate of drug-likeness (QED) is 0.803. The lowest BCUT2D eigenvalue weighted by Crippen LogP contribution is -2.41. The molecule has 9 heteroatoms.